The van der Waals surface area contributed by atoms with Gasteiger partial charge < -0.3 is 9.47 Å². The van der Waals surface area contributed by atoms with E-state index in [1.807, 2.05) is 24.3 Å². The summed E-state index contributed by atoms with van der Waals surface area (Å²) < 4.78 is 11.1. The van der Waals surface area contributed by atoms with Gasteiger partial charge >= 0.3 is 0 Å². The van der Waals surface area contributed by atoms with Gasteiger partial charge in [0.15, 0.2) is 6.79 Å². The highest BCUT2D eigenvalue weighted by molar-refractivity contribution is 6.31. The largest absolute Gasteiger partial charge is 0.467 e. The summed E-state index contributed by atoms with van der Waals surface area (Å²) >= 11 is 12.7. The molecular formula is C19H19Cl2NO2. The van der Waals surface area contributed by atoms with E-state index in [9.17, 15) is 0 Å². The molecule has 0 saturated carbocycles. The third kappa shape index (κ3) is 3.14. The van der Waals surface area contributed by atoms with Crippen molar-refractivity contribution in [1.82, 2.24) is 4.90 Å². The molecule has 0 aliphatic carbocycles. The number of hydrogen-bond acceptors (Lipinski definition) is 3. The van der Waals surface area contributed by atoms with Crippen LogP contribution >= 0.6 is 23.2 Å². The second kappa shape index (κ2) is 6.93. The van der Waals surface area contributed by atoms with E-state index in [0.717, 1.165) is 46.4 Å². The lowest BCUT2D eigenvalue weighted by Gasteiger charge is -2.28. The lowest BCUT2D eigenvalue weighted by atomic mass is 10.0. The van der Waals surface area contributed by atoms with Crippen LogP contribution in [0.3, 0.4) is 0 Å². The average Bonchev–Trinajstić information content (AvgIpc) is 3.03. The summed E-state index contributed by atoms with van der Waals surface area (Å²) in [7, 11) is 0. The van der Waals surface area contributed by atoms with Crippen LogP contribution in [0.4, 0.5) is 0 Å². The quantitative estimate of drug-likeness (QED) is 0.748. The molecule has 0 radical (unpaired) electrons. The molecule has 2 aromatic carbocycles. The van der Waals surface area contributed by atoms with E-state index >= 15 is 0 Å². The summed E-state index contributed by atoms with van der Waals surface area (Å²) in [6.45, 7) is 2.71. The van der Waals surface area contributed by atoms with E-state index in [1.54, 1.807) is 0 Å². The van der Waals surface area contributed by atoms with E-state index in [1.165, 1.54) is 12.0 Å². The summed E-state index contributed by atoms with van der Waals surface area (Å²) in [5, 5.41) is 1.57. The van der Waals surface area contributed by atoms with Crippen molar-refractivity contribution in [3.05, 3.63) is 63.1 Å². The SMILES string of the molecule is Clc1cc2c(c(CN3CCCC3c3ccccc3Cl)c1)OCOC2. The Labute approximate surface area is 152 Å². The number of nitrogens with zero attached hydrogens (tertiary/aromatic N) is 1. The fourth-order valence-electron chi connectivity index (χ4n) is 3.71. The highest BCUT2D eigenvalue weighted by atomic mass is 35.5. The molecule has 5 heteroatoms. The Balaban J connectivity index is 1.63. The Hall–Kier alpha value is -1.26. The van der Waals surface area contributed by atoms with Crippen molar-refractivity contribution in [2.75, 3.05) is 13.3 Å². The van der Waals surface area contributed by atoms with Gasteiger partial charge in [-0.15, -0.1) is 0 Å². The number of ether oxygens (including phenoxy) is 2. The fourth-order valence-corrected chi connectivity index (χ4v) is 4.23. The molecule has 2 aromatic rings. The van der Waals surface area contributed by atoms with E-state index in [4.69, 9.17) is 32.7 Å². The van der Waals surface area contributed by atoms with E-state index in [0.29, 0.717) is 19.4 Å². The maximum atomic E-state index is 6.42. The standard InChI is InChI=1S/C19H19Cl2NO2/c20-15-8-13(19-14(9-15)11-23-12-24-19)10-22-7-3-6-18(22)16-4-1-2-5-17(16)21/h1-2,4-5,8-9,18H,3,6-7,10-12H2. The molecule has 0 spiro atoms. The maximum Gasteiger partial charge on any atom is 0.189 e. The average molecular weight is 364 g/mol. The van der Waals surface area contributed by atoms with Gasteiger partial charge in [0.25, 0.3) is 0 Å². The van der Waals surface area contributed by atoms with Crippen LogP contribution in [0.15, 0.2) is 36.4 Å². The molecule has 1 fully saturated rings. The summed E-state index contributed by atoms with van der Waals surface area (Å²) in [4.78, 5) is 2.46. The third-order valence-electron chi connectivity index (χ3n) is 4.75. The molecule has 2 aliphatic rings. The molecule has 1 unspecified atom stereocenters. The van der Waals surface area contributed by atoms with Crippen molar-refractivity contribution in [2.24, 2.45) is 0 Å². The molecule has 4 rings (SSSR count). The summed E-state index contributed by atoms with van der Waals surface area (Å²) in [6.07, 6.45) is 2.29. The van der Waals surface area contributed by atoms with Crippen LogP contribution < -0.4 is 4.74 Å². The first-order valence-corrected chi connectivity index (χ1v) is 8.98. The Morgan fingerprint density at radius 3 is 2.92 bits per heavy atom. The second-order valence-corrected chi connectivity index (χ2v) is 7.16. The minimum Gasteiger partial charge on any atom is -0.467 e. The van der Waals surface area contributed by atoms with Crippen LogP contribution in [-0.2, 0) is 17.9 Å². The smallest absolute Gasteiger partial charge is 0.189 e. The first-order chi connectivity index (χ1) is 11.7. The molecule has 2 aliphatic heterocycles. The van der Waals surface area contributed by atoms with Crippen LogP contribution in [0.2, 0.25) is 10.0 Å². The Kier molecular flexibility index (Phi) is 4.68. The Bertz CT molecular complexity index is 750. The number of benzene rings is 2. The van der Waals surface area contributed by atoms with Gasteiger partial charge in [0.05, 0.1) is 6.61 Å². The molecule has 1 saturated heterocycles. The van der Waals surface area contributed by atoms with Gasteiger partial charge in [-0.05, 0) is 43.1 Å². The van der Waals surface area contributed by atoms with Crippen LogP contribution in [0, 0.1) is 0 Å². The van der Waals surface area contributed by atoms with E-state index < -0.39 is 0 Å². The van der Waals surface area contributed by atoms with Gasteiger partial charge in [-0.1, -0.05) is 41.4 Å². The molecule has 0 aromatic heterocycles. The highest BCUT2D eigenvalue weighted by Gasteiger charge is 2.29. The summed E-state index contributed by atoms with van der Waals surface area (Å²) in [6, 6.07) is 12.4. The predicted molar refractivity (Wildman–Crippen MR) is 95.6 cm³/mol. The molecule has 126 valence electrons. The third-order valence-corrected chi connectivity index (χ3v) is 5.32. The van der Waals surface area contributed by atoms with Crippen molar-refractivity contribution in [1.29, 1.82) is 0 Å². The topological polar surface area (TPSA) is 21.7 Å². The monoisotopic (exact) mass is 363 g/mol. The summed E-state index contributed by atoms with van der Waals surface area (Å²) in [5.41, 5.74) is 3.36. The first kappa shape index (κ1) is 16.2. The molecule has 0 amide bonds. The van der Waals surface area contributed by atoms with Gasteiger partial charge in [-0.25, -0.2) is 0 Å². The second-order valence-electron chi connectivity index (χ2n) is 6.31. The van der Waals surface area contributed by atoms with Crippen molar-refractivity contribution < 1.29 is 9.47 Å². The van der Waals surface area contributed by atoms with Crippen molar-refractivity contribution in [2.45, 2.75) is 32.0 Å². The van der Waals surface area contributed by atoms with Crippen LogP contribution in [0.5, 0.6) is 5.75 Å². The fraction of sp³-hybridized carbons (Fsp3) is 0.368. The minimum absolute atomic E-state index is 0.301. The highest BCUT2D eigenvalue weighted by Crippen LogP contribution is 2.39. The van der Waals surface area contributed by atoms with Gasteiger partial charge in [-0.2, -0.15) is 0 Å². The zero-order valence-electron chi connectivity index (χ0n) is 13.3. The molecule has 0 bridgehead atoms. The maximum absolute atomic E-state index is 6.42. The minimum atomic E-state index is 0.301. The Morgan fingerprint density at radius 1 is 1.17 bits per heavy atom. The van der Waals surface area contributed by atoms with Crippen molar-refractivity contribution in [3.63, 3.8) is 0 Å². The van der Waals surface area contributed by atoms with Gasteiger partial charge in [0, 0.05) is 33.8 Å². The van der Waals surface area contributed by atoms with Gasteiger partial charge in [0.1, 0.15) is 5.75 Å². The Morgan fingerprint density at radius 2 is 2.04 bits per heavy atom. The van der Waals surface area contributed by atoms with Gasteiger partial charge in [0.2, 0.25) is 0 Å². The number of fused-ring (bicyclic) bond motifs is 1. The number of halogens is 2. The number of likely N-dealkylation sites (tertiary alicyclic amines) is 1. The van der Waals surface area contributed by atoms with Crippen molar-refractivity contribution >= 4 is 23.2 Å². The molecule has 1 atom stereocenters. The molecule has 3 nitrogen and oxygen atoms in total. The van der Waals surface area contributed by atoms with E-state index in [2.05, 4.69) is 17.0 Å². The summed E-state index contributed by atoms with van der Waals surface area (Å²) in [5.74, 6) is 0.926. The van der Waals surface area contributed by atoms with Crippen molar-refractivity contribution in [3.8, 4) is 5.75 Å². The molecule has 24 heavy (non-hydrogen) atoms. The number of rotatable bonds is 3. The van der Waals surface area contributed by atoms with Crippen LogP contribution in [0.1, 0.15) is 35.6 Å². The predicted octanol–water partition coefficient (Wildman–Crippen LogP) is 5.20. The van der Waals surface area contributed by atoms with Gasteiger partial charge in [-0.3, -0.25) is 4.90 Å². The van der Waals surface area contributed by atoms with Crippen LogP contribution in [0.25, 0.3) is 0 Å². The molecular weight excluding hydrogens is 345 g/mol. The molecule has 0 N–H and O–H groups in total. The van der Waals surface area contributed by atoms with Crippen LogP contribution in [-0.4, -0.2) is 18.2 Å². The number of hydrogen-bond donors (Lipinski definition) is 0. The first-order valence-electron chi connectivity index (χ1n) is 8.22. The molecule has 2 heterocycles. The van der Waals surface area contributed by atoms with E-state index in [-0.39, 0.29) is 0 Å². The lowest BCUT2D eigenvalue weighted by molar-refractivity contribution is -0.0175. The lowest BCUT2D eigenvalue weighted by Crippen LogP contribution is -2.24. The normalized spacial score (nSPS) is 20.7. The zero-order chi connectivity index (χ0) is 16.5. The zero-order valence-corrected chi connectivity index (χ0v) is 14.8.